The molecular formula is C41H78N2O6. The smallest absolute Gasteiger partial charge is 0.220 e. The Hall–Kier alpha value is -1.29. The molecule has 288 valence electrons. The number of aliphatic hydroxyl groups excluding tert-OH is 5. The van der Waals surface area contributed by atoms with E-state index in [1.165, 1.54) is 134 Å². The number of carbonyl (C=O) groups excluding carboxylic acids is 1. The standard InChI is InChI=1S/C41H78N2O6/c1-3-5-7-9-11-13-15-17-19-21-23-25-27-29-37(45)36(32-42-35-31-34(33-44)39(47)41(49)40(35)48)43-38(46)30-28-26-24-22-20-18-16-14-12-10-8-6-4-2/h27,29,31,35-37,39-42,44-45,47-49H,3-26,28,30,32-33H2,1-2H3,(H,43,46)/b29-27+/t35?,36-,37?,39+,40-,41?/m0/s1. The van der Waals surface area contributed by atoms with E-state index in [2.05, 4.69) is 24.5 Å². The molecule has 0 saturated heterocycles. The average Bonchev–Trinajstić information content (AvgIpc) is 3.10. The quantitative estimate of drug-likeness (QED) is 0.0278. The van der Waals surface area contributed by atoms with E-state index in [0.29, 0.717) is 6.42 Å². The van der Waals surface area contributed by atoms with Crippen LogP contribution >= 0.6 is 0 Å². The minimum Gasteiger partial charge on any atom is -0.392 e. The largest absolute Gasteiger partial charge is 0.392 e. The van der Waals surface area contributed by atoms with E-state index in [0.717, 1.165) is 32.1 Å². The Morgan fingerprint density at radius 3 is 1.61 bits per heavy atom. The molecule has 0 aromatic rings. The fourth-order valence-electron chi connectivity index (χ4n) is 6.77. The third-order valence-electron chi connectivity index (χ3n) is 10.1. The molecule has 1 rings (SSSR count). The van der Waals surface area contributed by atoms with E-state index in [-0.39, 0.29) is 18.0 Å². The summed E-state index contributed by atoms with van der Waals surface area (Å²) in [5, 5.41) is 57.6. The van der Waals surface area contributed by atoms with Gasteiger partial charge in [-0.2, -0.15) is 0 Å². The SMILES string of the molecule is CCCCCCCCCCCCC/C=C/C(O)[C@H](CNC1C=C(CO)[C@@H](O)C(O)[C@H]1O)NC(=O)CCCCCCCCCCCCCCC. The Morgan fingerprint density at radius 1 is 0.694 bits per heavy atom. The number of allylic oxidation sites excluding steroid dienone is 1. The molecule has 1 aliphatic rings. The molecule has 0 fully saturated rings. The second-order valence-corrected chi connectivity index (χ2v) is 14.7. The van der Waals surface area contributed by atoms with Crippen molar-refractivity contribution in [2.24, 2.45) is 0 Å². The fourth-order valence-corrected chi connectivity index (χ4v) is 6.77. The van der Waals surface area contributed by atoms with Crippen molar-refractivity contribution in [2.45, 2.75) is 217 Å². The predicted octanol–water partition coefficient (Wildman–Crippen LogP) is 7.54. The van der Waals surface area contributed by atoms with Gasteiger partial charge in [0.15, 0.2) is 0 Å². The molecule has 0 aromatic carbocycles. The second kappa shape index (κ2) is 31.4. The van der Waals surface area contributed by atoms with Crippen molar-refractivity contribution < 1.29 is 30.3 Å². The highest BCUT2D eigenvalue weighted by atomic mass is 16.4. The third kappa shape index (κ3) is 23.0. The monoisotopic (exact) mass is 695 g/mol. The van der Waals surface area contributed by atoms with Crippen LogP contribution in [0.3, 0.4) is 0 Å². The highest BCUT2D eigenvalue weighted by Gasteiger charge is 2.37. The third-order valence-corrected chi connectivity index (χ3v) is 10.1. The zero-order valence-electron chi connectivity index (χ0n) is 31.6. The normalized spacial score (nSPS) is 20.8. The van der Waals surface area contributed by atoms with E-state index < -0.39 is 43.1 Å². The number of rotatable bonds is 33. The van der Waals surface area contributed by atoms with Gasteiger partial charge in [0.05, 0.1) is 24.8 Å². The number of hydrogen-bond donors (Lipinski definition) is 7. The van der Waals surface area contributed by atoms with Crippen molar-refractivity contribution in [1.82, 2.24) is 10.6 Å². The summed E-state index contributed by atoms with van der Waals surface area (Å²) in [6.45, 7) is 4.22. The van der Waals surface area contributed by atoms with E-state index in [9.17, 15) is 30.3 Å². The Balaban J connectivity index is 2.45. The van der Waals surface area contributed by atoms with Gasteiger partial charge in [0, 0.05) is 13.0 Å². The van der Waals surface area contributed by atoms with Gasteiger partial charge >= 0.3 is 0 Å². The van der Waals surface area contributed by atoms with Crippen LogP contribution in [0, 0.1) is 0 Å². The van der Waals surface area contributed by atoms with Crippen molar-refractivity contribution in [3.8, 4) is 0 Å². The van der Waals surface area contributed by atoms with Gasteiger partial charge < -0.3 is 36.2 Å². The molecule has 0 aliphatic heterocycles. The first-order valence-electron chi connectivity index (χ1n) is 20.6. The molecule has 0 saturated carbocycles. The van der Waals surface area contributed by atoms with Crippen LogP contribution < -0.4 is 10.6 Å². The first-order valence-corrected chi connectivity index (χ1v) is 20.6. The fraction of sp³-hybridized carbons (Fsp3) is 0.878. The number of amides is 1. The topological polar surface area (TPSA) is 142 Å². The van der Waals surface area contributed by atoms with Crippen LogP contribution in [0.1, 0.15) is 181 Å². The highest BCUT2D eigenvalue weighted by molar-refractivity contribution is 5.76. The van der Waals surface area contributed by atoms with Crippen molar-refractivity contribution in [2.75, 3.05) is 13.2 Å². The second-order valence-electron chi connectivity index (χ2n) is 14.7. The van der Waals surface area contributed by atoms with Gasteiger partial charge in [0.2, 0.25) is 5.91 Å². The molecule has 3 unspecified atom stereocenters. The van der Waals surface area contributed by atoms with Gasteiger partial charge in [-0.15, -0.1) is 0 Å². The lowest BCUT2D eigenvalue weighted by atomic mass is 9.88. The summed E-state index contributed by atoms with van der Waals surface area (Å²) >= 11 is 0. The molecule has 8 heteroatoms. The van der Waals surface area contributed by atoms with Gasteiger partial charge in [0.25, 0.3) is 0 Å². The van der Waals surface area contributed by atoms with Crippen LogP contribution in [0.2, 0.25) is 0 Å². The van der Waals surface area contributed by atoms with E-state index in [1.54, 1.807) is 6.08 Å². The van der Waals surface area contributed by atoms with Gasteiger partial charge in [-0.3, -0.25) is 4.79 Å². The lowest BCUT2D eigenvalue weighted by Gasteiger charge is -2.35. The summed E-state index contributed by atoms with van der Waals surface area (Å²) in [4.78, 5) is 12.9. The van der Waals surface area contributed by atoms with Crippen LogP contribution in [0.4, 0.5) is 0 Å². The van der Waals surface area contributed by atoms with Crippen LogP contribution in [0.5, 0.6) is 0 Å². The van der Waals surface area contributed by atoms with Gasteiger partial charge in [-0.25, -0.2) is 0 Å². The zero-order valence-corrected chi connectivity index (χ0v) is 31.6. The maximum atomic E-state index is 12.9. The van der Waals surface area contributed by atoms with E-state index in [1.807, 2.05) is 6.08 Å². The minimum atomic E-state index is -1.44. The minimum absolute atomic E-state index is 0.112. The molecule has 0 spiro atoms. The Bertz CT molecular complexity index is 837. The van der Waals surface area contributed by atoms with E-state index >= 15 is 0 Å². The number of hydrogen-bond acceptors (Lipinski definition) is 7. The molecule has 49 heavy (non-hydrogen) atoms. The lowest BCUT2D eigenvalue weighted by molar-refractivity contribution is -0.122. The number of aliphatic hydroxyl groups is 5. The highest BCUT2D eigenvalue weighted by Crippen LogP contribution is 2.20. The zero-order chi connectivity index (χ0) is 36.0. The van der Waals surface area contributed by atoms with Crippen LogP contribution in [0.15, 0.2) is 23.8 Å². The summed E-state index contributed by atoms with van der Waals surface area (Å²) in [5.74, 6) is -0.112. The summed E-state index contributed by atoms with van der Waals surface area (Å²) in [7, 11) is 0. The molecule has 0 heterocycles. The number of carbonyl (C=O) groups is 1. The maximum absolute atomic E-state index is 12.9. The Morgan fingerprint density at radius 2 is 1.14 bits per heavy atom. The van der Waals surface area contributed by atoms with Crippen molar-refractivity contribution >= 4 is 5.91 Å². The summed E-state index contributed by atoms with van der Waals surface area (Å²) in [5.41, 5.74) is 0.228. The maximum Gasteiger partial charge on any atom is 0.220 e. The molecule has 7 N–H and O–H groups in total. The lowest BCUT2D eigenvalue weighted by Crippen LogP contribution is -2.57. The molecule has 0 bridgehead atoms. The van der Waals surface area contributed by atoms with E-state index in [4.69, 9.17) is 0 Å². The number of unbranched alkanes of at least 4 members (excludes halogenated alkanes) is 23. The predicted molar refractivity (Wildman–Crippen MR) is 203 cm³/mol. The van der Waals surface area contributed by atoms with Crippen LogP contribution in [-0.2, 0) is 4.79 Å². The molecule has 0 radical (unpaired) electrons. The Kier molecular flexibility index (Phi) is 29.3. The molecule has 8 nitrogen and oxygen atoms in total. The molecular weight excluding hydrogens is 616 g/mol. The molecule has 1 amide bonds. The van der Waals surface area contributed by atoms with Crippen molar-refractivity contribution in [3.63, 3.8) is 0 Å². The van der Waals surface area contributed by atoms with Gasteiger partial charge in [-0.05, 0) is 24.8 Å². The summed E-state index contributed by atoms with van der Waals surface area (Å²) in [6, 6.07) is -1.38. The van der Waals surface area contributed by atoms with Crippen molar-refractivity contribution in [3.05, 3.63) is 23.8 Å². The van der Waals surface area contributed by atoms with Gasteiger partial charge in [0.1, 0.15) is 18.3 Å². The molecule has 1 aliphatic carbocycles. The Labute approximate surface area is 300 Å². The first-order chi connectivity index (χ1) is 23.8. The van der Waals surface area contributed by atoms with Crippen molar-refractivity contribution in [1.29, 1.82) is 0 Å². The van der Waals surface area contributed by atoms with Gasteiger partial charge in [-0.1, -0.05) is 173 Å². The molecule has 6 atom stereocenters. The average molecular weight is 695 g/mol. The molecule has 0 aromatic heterocycles. The number of nitrogens with one attached hydrogen (secondary N) is 2. The van der Waals surface area contributed by atoms with Crippen LogP contribution in [0.25, 0.3) is 0 Å². The summed E-state index contributed by atoms with van der Waals surface area (Å²) in [6.07, 6.45) is 31.8. The summed E-state index contributed by atoms with van der Waals surface area (Å²) < 4.78 is 0. The van der Waals surface area contributed by atoms with Crippen LogP contribution in [-0.4, -0.2) is 81.1 Å². The first kappa shape index (κ1) is 45.7.